The molecular formula is C25H29N7O3. The lowest BCUT2D eigenvalue weighted by atomic mass is 10.0. The number of para-hydroxylation sites is 1. The molecule has 2 aromatic carbocycles. The molecule has 1 aromatic heterocycles. The Morgan fingerprint density at radius 1 is 0.857 bits per heavy atom. The summed E-state index contributed by atoms with van der Waals surface area (Å²) in [5.74, 6) is -1.80. The minimum atomic E-state index is -0.956. The van der Waals surface area contributed by atoms with Crippen molar-refractivity contribution in [3.05, 3.63) is 78.0 Å². The zero-order chi connectivity index (χ0) is 25.2. The molecule has 3 rings (SSSR count). The van der Waals surface area contributed by atoms with Crippen LogP contribution in [0.15, 0.2) is 71.7 Å². The molecule has 2 atom stereocenters. The van der Waals surface area contributed by atoms with Gasteiger partial charge in [-0.3, -0.25) is 19.4 Å². The molecule has 3 amide bonds. The largest absolute Gasteiger partial charge is 0.370 e. The number of hydrogen-bond acceptors (Lipinski definition) is 5. The van der Waals surface area contributed by atoms with Gasteiger partial charge in [0.1, 0.15) is 17.8 Å². The van der Waals surface area contributed by atoms with Gasteiger partial charge in [0.05, 0.1) is 5.52 Å². The zero-order valence-electron chi connectivity index (χ0n) is 19.2. The van der Waals surface area contributed by atoms with Crippen LogP contribution >= 0.6 is 0 Å². The fraction of sp³-hybridized carbons (Fsp3) is 0.240. The quantitative estimate of drug-likeness (QED) is 0.154. The molecule has 0 aliphatic heterocycles. The Hall–Kier alpha value is -4.47. The van der Waals surface area contributed by atoms with Crippen molar-refractivity contribution in [2.24, 2.45) is 22.2 Å². The average Bonchev–Trinajstić information content (AvgIpc) is 2.85. The molecule has 0 bridgehead atoms. The number of primary amides is 1. The number of carbonyl (C=O) groups is 3. The number of aromatic nitrogens is 1. The van der Waals surface area contributed by atoms with Gasteiger partial charge in [0.25, 0.3) is 5.91 Å². The average molecular weight is 476 g/mol. The Bertz CT molecular complexity index is 1210. The van der Waals surface area contributed by atoms with Gasteiger partial charge in [0, 0.05) is 18.4 Å². The molecule has 8 N–H and O–H groups in total. The van der Waals surface area contributed by atoms with Gasteiger partial charge < -0.3 is 27.8 Å². The number of amides is 3. The van der Waals surface area contributed by atoms with Crippen molar-refractivity contribution >= 4 is 34.6 Å². The van der Waals surface area contributed by atoms with Crippen LogP contribution in [0, 0.1) is 0 Å². The van der Waals surface area contributed by atoms with Crippen LogP contribution in [0.1, 0.15) is 28.9 Å². The summed E-state index contributed by atoms with van der Waals surface area (Å²) in [7, 11) is 0. The Balaban J connectivity index is 1.74. The van der Waals surface area contributed by atoms with Crippen LogP contribution in [0.5, 0.6) is 0 Å². The van der Waals surface area contributed by atoms with Crippen LogP contribution in [0.2, 0.25) is 0 Å². The van der Waals surface area contributed by atoms with E-state index in [1.807, 2.05) is 48.5 Å². The number of carbonyl (C=O) groups excluding carboxylic acids is 3. The van der Waals surface area contributed by atoms with Crippen molar-refractivity contribution in [1.29, 1.82) is 0 Å². The van der Waals surface area contributed by atoms with Crippen molar-refractivity contribution < 1.29 is 14.4 Å². The molecule has 10 nitrogen and oxygen atoms in total. The number of guanidine groups is 1. The Labute approximate surface area is 203 Å². The summed E-state index contributed by atoms with van der Waals surface area (Å²) in [5, 5.41) is 6.27. The summed E-state index contributed by atoms with van der Waals surface area (Å²) >= 11 is 0. The third-order valence-corrected chi connectivity index (χ3v) is 5.34. The fourth-order valence-electron chi connectivity index (χ4n) is 3.54. The lowest BCUT2D eigenvalue weighted by Crippen LogP contribution is -2.53. The molecule has 0 saturated heterocycles. The molecule has 0 unspecified atom stereocenters. The van der Waals surface area contributed by atoms with Crippen LogP contribution in [-0.2, 0) is 16.0 Å². The molecule has 0 fully saturated rings. The number of fused-ring (bicyclic) bond motifs is 1. The summed E-state index contributed by atoms with van der Waals surface area (Å²) in [4.78, 5) is 46.4. The van der Waals surface area contributed by atoms with E-state index in [1.165, 1.54) is 0 Å². The zero-order valence-corrected chi connectivity index (χ0v) is 19.2. The first-order chi connectivity index (χ1) is 16.8. The SMILES string of the molecule is NC(=O)[C@H](Cc1ccccc1)NC(=O)[C@H](CCCN=C(N)N)NC(=O)c1ccc2ccccc2n1. The monoisotopic (exact) mass is 475 g/mol. The molecule has 0 aliphatic rings. The molecule has 10 heteroatoms. The number of rotatable bonds is 11. The molecular weight excluding hydrogens is 446 g/mol. The number of nitrogens with one attached hydrogen (secondary N) is 2. The molecule has 35 heavy (non-hydrogen) atoms. The molecule has 182 valence electrons. The first-order valence-electron chi connectivity index (χ1n) is 11.2. The normalized spacial score (nSPS) is 12.3. The lowest BCUT2D eigenvalue weighted by molar-refractivity contribution is -0.128. The van der Waals surface area contributed by atoms with E-state index >= 15 is 0 Å². The highest BCUT2D eigenvalue weighted by atomic mass is 16.2. The summed E-state index contributed by atoms with van der Waals surface area (Å²) in [6.07, 6.45) is 0.878. The van der Waals surface area contributed by atoms with Gasteiger partial charge in [0.2, 0.25) is 11.8 Å². The summed E-state index contributed by atoms with van der Waals surface area (Å²) in [6.45, 7) is 0.277. The van der Waals surface area contributed by atoms with E-state index in [4.69, 9.17) is 17.2 Å². The Kier molecular flexibility index (Phi) is 8.71. The summed E-state index contributed by atoms with van der Waals surface area (Å²) in [6, 6.07) is 18.1. The van der Waals surface area contributed by atoms with Crippen LogP contribution in [-0.4, -0.2) is 47.3 Å². The van der Waals surface area contributed by atoms with Crippen LogP contribution in [0.4, 0.5) is 0 Å². The van der Waals surface area contributed by atoms with E-state index < -0.39 is 29.8 Å². The number of pyridine rings is 1. The summed E-state index contributed by atoms with van der Waals surface area (Å²) < 4.78 is 0. The molecule has 0 spiro atoms. The Morgan fingerprint density at radius 3 is 2.29 bits per heavy atom. The second-order valence-electron chi connectivity index (χ2n) is 8.02. The van der Waals surface area contributed by atoms with Gasteiger partial charge in [0.15, 0.2) is 5.96 Å². The molecule has 1 heterocycles. The number of aliphatic imine (C=N–C) groups is 1. The van der Waals surface area contributed by atoms with E-state index in [-0.39, 0.29) is 31.0 Å². The van der Waals surface area contributed by atoms with Crippen molar-refractivity contribution in [3.8, 4) is 0 Å². The smallest absolute Gasteiger partial charge is 0.270 e. The van der Waals surface area contributed by atoms with Crippen molar-refractivity contribution in [2.75, 3.05) is 6.54 Å². The molecule has 0 saturated carbocycles. The van der Waals surface area contributed by atoms with E-state index in [1.54, 1.807) is 18.2 Å². The van der Waals surface area contributed by atoms with E-state index in [2.05, 4.69) is 20.6 Å². The number of hydrogen-bond donors (Lipinski definition) is 5. The van der Waals surface area contributed by atoms with Gasteiger partial charge in [-0.2, -0.15) is 0 Å². The summed E-state index contributed by atoms with van der Waals surface area (Å²) in [5.41, 5.74) is 17.9. The number of nitrogens with two attached hydrogens (primary N) is 3. The second-order valence-corrected chi connectivity index (χ2v) is 8.02. The standard InChI is InChI=1S/C25H29N7O3/c26-22(33)21(15-16-7-2-1-3-8-16)32-23(34)19(11-6-14-29-25(27)28)31-24(35)20-13-12-17-9-4-5-10-18(17)30-20/h1-5,7-10,12-13,19,21H,6,11,14-15H2,(H2,26,33)(H,31,35)(H,32,34)(H4,27,28,29)/t19-,21-/m0/s1. The second kappa shape index (κ2) is 12.1. The highest BCUT2D eigenvalue weighted by molar-refractivity contribution is 5.98. The predicted molar refractivity (Wildman–Crippen MR) is 134 cm³/mol. The maximum Gasteiger partial charge on any atom is 0.270 e. The lowest BCUT2D eigenvalue weighted by Gasteiger charge is -2.22. The van der Waals surface area contributed by atoms with E-state index in [0.29, 0.717) is 11.9 Å². The van der Waals surface area contributed by atoms with Crippen LogP contribution < -0.4 is 27.8 Å². The minimum absolute atomic E-state index is 0.0629. The van der Waals surface area contributed by atoms with Crippen molar-refractivity contribution in [1.82, 2.24) is 15.6 Å². The molecule has 0 aliphatic carbocycles. The van der Waals surface area contributed by atoms with Crippen LogP contribution in [0.3, 0.4) is 0 Å². The first-order valence-corrected chi connectivity index (χ1v) is 11.2. The Morgan fingerprint density at radius 2 is 1.57 bits per heavy atom. The predicted octanol–water partition coefficient (Wildman–Crippen LogP) is 0.600. The van der Waals surface area contributed by atoms with Crippen molar-refractivity contribution in [3.63, 3.8) is 0 Å². The maximum absolute atomic E-state index is 13.1. The van der Waals surface area contributed by atoms with Crippen LogP contribution in [0.25, 0.3) is 10.9 Å². The van der Waals surface area contributed by atoms with E-state index in [9.17, 15) is 14.4 Å². The third-order valence-electron chi connectivity index (χ3n) is 5.34. The van der Waals surface area contributed by atoms with Gasteiger partial charge in [-0.1, -0.05) is 54.6 Å². The highest BCUT2D eigenvalue weighted by Crippen LogP contribution is 2.12. The molecule has 0 radical (unpaired) electrons. The third kappa shape index (κ3) is 7.53. The highest BCUT2D eigenvalue weighted by Gasteiger charge is 2.26. The van der Waals surface area contributed by atoms with E-state index in [0.717, 1.165) is 10.9 Å². The van der Waals surface area contributed by atoms with Gasteiger partial charge in [-0.05, 0) is 30.5 Å². The maximum atomic E-state index is 13.1. The van der Waals surface area contributed by atoms with Crippen molar-refractivity contribution in [2.45, 2.75) is 31.3 Å². The minimum Gasteiger partial charge on any atom is -0.370 e. The number of nitrogens with zero attached hydrogens (tertiary/aromatic N) is 2. The topological polar surface area (TPSA) is 179 Å². The van der Waals surface area contributed by atoms with Gasteiger partial charge >= 0.3 is 0 Å². The van der Waals surface area contributed by atoms with Gasteiger partial charge in [-0.15, -0.1) is 0 Å². The first kappa shape index (κ1) is 25.2. The van der Waals surface area contributed by atoms with Gasteiger partial charge in [-0.25, -0.2) is 4.98 Å². The molecule has 3 aromatic rings. The number of benzene rings is 2. The fourth-order valence-corrected chi connectivity index (χ4v) is 3.54.